The third-order valence-electron chi connectivity index (χ3n) is 4.44. The zero-order valence-corrected chi connectivity index (χ0v) is 15.4. The molecule has 2 atom stereocenters. The lowest BCUT2D eigenvalue weighted by Crippen LogP contribution is -2.35. The molecule has 3 N–H and O–H groups in total. The molecule has 0 spiro atoms. The van der Waals surface area contributed by atoms with E-state index in [-0.39, 0.29) is 11.9 Å². The van der Waals surface area contributed by atoms with Crippen LogP contribution in [0, 0.1) is 11.8 Å². The number of ether oxygens (including phenoxy) is 1. The number of amides is 2. The largest absolute Gasteiger partial charge is 0.465 e. The molecule has 0 saturated carbocycles. The summed E-state index contributed by atoms with van der Waals surface area (Å²) >= 11 is 0. The molecule has 1 aliphatic rings. The SMILES string of the molecule is CC(C)(C)OC(=O)[C@@H](Cc1cccc(C(N)=O)c1)[C@H]1CCN(C(=O)O)C1. The first-order chi connectivity index (χ1) is 12.1. The number of primary amides is 1. The van der Waals surface area contributed by atoms with Gasteiger partial charge in [-0.25, -0.2) is 4.79 Å². The normalized spacial score (nSPS) is 18.4. The summed E-state index contributed by atoms with van der Waals surface area (Å²) in [6, 6.07) is 6.84. The summed E-state index contributed by atoms with van der Waals surface area (Å²) in [5, 5.41) is 9.18. The van der Waals surface area contributed by atoms with Gasteiger partial charge in [0, 0.05) is 18.7 Å². The van der Waals surface area contributed by atoms with Crippen molar-refractivity contribution in [3.8, 4) is 0 Å². The quantitative estimate of drug-likeness (QED) is 0.781. The number of nitrogens with two attached hydrogens (primary N) is 1. The summed E-state index contributed by atoms with van der Waals surface area (Å²) in [6.45, 7) is 6.10. The summed E-state index contributed by atoms with van der Waals surface area (Å²) in [5.41, 5.74) is 5.87. The minimum atomic E-state index is -0.980. The zero-order valence-electron chi connectivity index (χ0n) is 15.4. The molecule has 1 aromatic rings. The van der Waals surface area contributed by atoms with Gasteiger partial charge in [0.05, 0.1) is 5.92 Å². The molecule has 1 aromatic carbocycles. The Kier molecular flexibility index (Phi) is 5.90. The molecular weight excluding hydrogens is 336 g/mol. The topological polar surface area (TPSA) is 110 Å². The van der Waals surface area contributed by atoms with Crippen molar-refractivity contribution < 1.29 is 24.2 Å². The molecule has 0 unspecified atom stereocenters. The maximum absolute atomic E-state index is 12.8. The number of hydrogen-bond acceptors (Lipinski definition) is 4. The number of carboxylic acid groups (broad SMARTS) is 1. The fraction of sp³-hybridized carbons (Fsp3) is 0.526. The van der Waals surface area contributed by atoms with Gasteiger partial charge in [0.1, 0.15) is 5.60 Å². The number of benzene rings is 1. The molecule has 2 amide bonds. The molecule has 0 radical (unpaired) electrons. The van der Waals surface area contributed by atoms with Gasteiger partial charge in [0.2, 0.25) is 5.91 Å². The van der Waals surface area contributed by atoms with Crippen LogP contribution in [-0.2, 0) is 16.0 Å². The smallest absolute Gasteiger partial charge is 0.407 e. The van der Waals surface area contributed by atoms with Crippen molar-refractivity contribution in [1.29, 1.82) is 0 Å². The van der Waals surface area contributed by atoms with Crippen molar-refractivity contribution in [2.45, 2.75) is 39.2 Å². The molecule has 1 aliphatic heterocycles. The van der Waals surface area contributed by atoms with Gasteiger partial charge in [-0.05, 0) is 57.2 Å². The molecular formula is C19H26N2O5. The van der Waals surface area contributed by atoms with Crippen LogP contribution in [-0.4, -0.2) is 46.7 Å². The second kappa shape index (κ2) is 7.76. The summed E-state index contributed by atoms with van der Waals surface area (Å²) in [4.78, 5) is 36.7. The van der Waals surface area contributed by atoms with Gasteiger partial charge in [-0.1, -0.05) is 12.1 Å². The van der Waals surface area contributed by atoms with Crippen LogP contribution in [0.1, 0.15) is 43.1 Å². The Balaban J connectivity index is 2.23. The van der Waals surface area contributed by atoms with Crippen LogP contribution in [0.4, 0.5) is 4.79 Å². The lowest BCUT2D eigenvalue weighted by molar-refractivity contribution is -0.161. The van der Waals surface area contributed by atoms with E-state index in [4.69, 9.17) is 10.5 Å². The fourth-order valence-electron chi connectivity index (χ4n) is 3.21. The number of rotatable bonds is 5. The van der Waals surface area contributed by atoms with Gasteiger partial charge >= 0.3 is 12.1 Å². The van der Waals surface area contributed by atoms with Crippen molar-refractivity contribution in [3.63, 3.8) is 0 Å². The molecule has 1 saturated heterocycles. The Morgan fingerprint density at radius 1 is 1.35 bits per heavy atom. The molecule has 2 rings (SSSR count). The number of carbonyl (C=O) groups excluding carboxylic acids is 2. The lowest BCUT2D eigenvalue weighted by atomic mass is 9.85. The van der Waals surface area contributed by atoms with Crippen molar-refractivity contribution in [2.75, 3.05) is 13.1 Å². The highest BCUT2D eigenvalue weighted by Gasteiger charge is 2.37. The van der Waals surface area contributed by atoms with E-state index in [0.29, 0.717) is 31.5 Å². The van der Waals surface area contributed by atoms with E-state index in [0.717, 1.165) is 5.56 Å². The van der Waals surface area contributed by atoms with E-state index in [1.54, 1.807) is 39.0 Å². The highest BCUT2D eigenvalue weighted by atomic mass is 16.6. The number of hydrogen-bond donors (Lipinski definition) is 2. The van der Waals surface area contributed by atoms with Gasteiger partial charge in [-0.3, -0.25) is 9.59 Å². The first-order valence-electron chi connectivity index (χ1n) is 8.66. The first kappa shape index (κ1) is 19.8. The minimum Gasteiger partial charge on any atom is -0.465 e. The van der Waals surface area contributed by atoms with Crippen LogP contribution in [0.5, 0.6) is 0 Å². The van der Waals surface area contributed by atoms with Gasteiger partial charge in [-0.2, -0.15) is 0 Å². The second-order valence-electron chi connectivity index (χ2n) is 7.69. The molecule has 1 heterocycles. The number of likely N-dealkylation sites (tertiary alicyclic amines) is 1. The molecule has 142 valence electrons. The standard InChI is InChI=1S/C19H26N2O5/c1-19(2,3)26-17(23)15(14-7-8-21(11-14)18(24)25)10-12-5-4-6-13(9-12)16(20)22/h4-6,9,14-15H,7-8,10-11H2,1-3H3,(H2,20,22)(H,24,25)/t14-,15-/m0/s1. The van der Waals surface area contributed by atoms with Crippen molar-refractivity contribution in [1.82, 2.24) is 4.90 Å². The molecule has 0 aromatic heterocycles. The molecule has 26 heavy (non-hydrogen) atoms. The fourth-order valence-corrected chi connectivity index (χ4v) is 3.21. The van der Waals surface area contributed by atoms with Crippen molar-refractivity contribution >= 4 is 18.0 Å². The first-order valence-corrected chi connectivity index (χ1v) is 8.66. The zero-order chi connectivity index (χ0) is 19.5. The molecule has 7 heteroatoms. The number of esters is 1. The van der Waals surface area contributed by atoms with Crippen LogP contribution < -0.4 is 5.73 Å². The average Bonchev–Trinajstić information content (AvgIpc) is 3.01. The van der Waals surface area contributed by atoms with Crippen molar-refractivity contribution in [3.05, 3.63) is 35.4 Å². The molecule has 7 nitrogen and oxygen atoms in total. The number of carbonyl (C=O) groups is 3. The summed E-state index contributed by atoms with van der Waals surface area (Å²) < 4.78 is 5.56. The maximum atomic E-state index is 12.8. The van der Waals surface area contributed by atoms with Crippen LogP contribution in [0.15, 0.2) is 24.3 Å². The maximum Gasteiger partial charge on any atom is 0.407 e. The highest BCUT2D eigenvalue weighted by molar-refractivity contribution is 5.92. The van der Waals surface area contributed by atoms with E-state index in [1.807, 2.05) is 6.07 Å². The highest BCUT2D eigenvalue weighted by Crippen LogP contribution is 2.30. The third kappa shape index (κ3) is 5.21. The molecule has 0 aliphatic carbocycles. The van der Waals surface area contributed by atoms with Crippen molar-refractivity contribution in [2.24, 2.45) is 17.6 Å². The van der Waals surface area contributed by atoms with Crippen LogP contribution >= 0.6 is 0 Å². The monoisotopic (exact) mass is 362 g/mol. The Hall–Kier alpha value is -2.57. The molecule has 1 fully saturated rings. The average molecular weight is 362 g/mol. The second-order valence-corrected chi connectivity index (χ2v) is 7.69. The Bertz CT molecular complexity index is 695. The number of nitrogens with zero attached hydrogens (tertiary/aromatic N) is 1. The van der Waals surface area contributed by atoms with Gasteiger partial charge in [0.15, 0.2) is 0 Å². The predicted molar refractivity (Wildman–Crippen MR) is 95.7 cm³/mol. The van der Waals surface area contributed by atoms with Gasteiger partial charge in [-0.15, -0.1) is 0 Å². The van der Waals surface area contributed by atoms with E-state index < -0.39 is 23.5 Å². The van der Waals surface area contributed by atoms with Gasteiger partial charge < -0.3 is 20.5 Å². The van der Waals surface area contributed by atoms with E-state index in [1.165, 1.54) is 4.90 Å². The summed E-state index contributed by atoms with van der Waals surface area (Å²) in [6.07, 6.45) is -0.00830. The van der Waals surface area contributed by atoms with Crippen LogP contribution in [0.25, 0.3) is 0 Å². The lowest BCUT2D eigenvalue weighted by Gasteiger charge is -2.27. The Morgan fingerprint density at radius 3 is 2.58 bits per heavy atom. The minimum absolute atomic E-state index is 0.127. The third-order valence-corrected chi connectivity index (χ3v) is 4.44. The van der Waals surface area contributed by atoms with Crippen LogP contribution in [0.3, 0.4) is 0 Å². The van der Waals surface area contributed by atoms with E-state index >= 15 is 0 Å². The predicted octanol–water partition coefficient (Wildman–Crippen LogP) is 2.29. The molecule has 0 bridgehead atoms. The van der Waals surface area contributed by atoms with Gasteiger partial charge in [0.25, 0.3) is 0 Å². The summed E-state index contributed by atoms with van der Waals surface area (Å²) in [5.74, 6) is -1.49. The van der Waals surface area contributed by atoms with E-state index in [2.05, 4.69) is 0 Å². The Morgan fingerprint density at radius 2 is 2.04 bits per heavy atom. The van der Waals surface area contributed by atoms with Crippen LogP contribution in [0.2, 0.25) is 0 Å². The Labute approximate surface area is 153 Å². The van der Waals surface area contributed by atoms with E-state index in [9.17, 15) is 19.5 Å². The summed E-state index contributed by atoms with van der Waals surface area (Å²) in [7, 11) is 0.